The molecule has 0 aromatic carbocycles. The zero-order valence-corrected chi connectivity index (χ0v) is 9.69. The van der Waals surface area contributed by atoms with E-state index in [1.807, 2.05) is 0 Å². The first-order valence-electron chi connectivity index (χ1n) is 1.89. The molecule has 0 radical (unpaired) electrons. The van der Waals surface area contributed by atoms with Crippen molar-refractivity contribution in [2.24, 2.45) is 5.73 Å². The molecular formula is C4H8NORb. The van der Waals surface area contributed by atoms with Gasteiger partial charge in [0.05, 0.1) is 0 Å². The Kier molecular flexibility index (Phi) is 11.6. The number of nitrogens with two attached hydrogens (primary N) is 1. The average Bonchev–Trinajstić information content (AvgIpc) is 1.65. The van der Waals surface area contributed by atoms with Crippen LogP contribution in [0.1, 0.15) is 13.3 Å². The first kappa shape index (κ1) is 11.1. The molecule has 0 aliphatic rings. The Morgan fingerprint density at radius 3 is 2.29 bits per heavy atom. The van der Waals surface area contributed by atoms with Crippen LogP contribution in [0.3, 0.4) is 0 Å². The van der Waals surface area contributed by atoms with Gasteiger partial charge in [0, 0.05) is 5.78 Å². The van der Waals surface area contributed by atoms with Crippen molar-refractivity contribution < 1.29 is 63.0 Å². The topological polar surface area (TPSA) is 43.1 Å². The fourth-order valence-electron chi connectivity index (χ4n) is 0.118. The van der Waals surface area contributed by atoms with Gasteiger partial charge >= 0.3 is 58.2 Å². The second kappa shape index (κ2) is 7.31. The maximum Gasteiger partial charge on any atom is 1.00 e. The summed E-state index contributed by atoms with van der Waals surface area (Å²) in [4.78, 5) is 10.0. The van der Waals surface area contributed by atoms with E-state index >= 15 is 0 Å². The molecular weight excluding hydrogens is 164 g/mol. The minimum Gasteiger partial charge on any atom is -0.461 e. The van der Waals surface area contributed by atoms with E-state index in [-0.39, 0.29) is 64.0 Å². The number of carbonyl (C=O) groups excluding carboxylic acids is 1. The minimum atomic E-state index is -0.00463. The third-order valence-electron chi connectivity index (χ3n) is 0.534. The Labute approximate surface area is 92.6 Å². The summed E-state index contributed by atoms with van der Waals surface area (Å²) in [6.07, 6.45) is 0.510. The molecule has 0 saturated heterocycles. The van der Waals surface area contributed by atoms with Gasteiger partial charge < -0.3 is 10.5 Å². The van der Waals surface area contributed by atoms with Crippen LogP contribution in [-0.4, -0.2) is 5.78 Å². The van der Waals surface area contributed by atoms with E-state index < -0.39 is 0 Å². The Morgan fingerprint density at radius 1 is 1.86 bits per heavy atom. The van der Waals surface area contributed by atoms with Crippen LogP contribution in [0, 0.1) is 6.54 Å². The zero-order chi connectivity index (χ0) is 4.99. The van der Waals surface area contributed by atoms with Crippen LogP contribution >= 0.6 is 0 Å². The molecule has 36 valence electrons. The molecule has 0 unspecified atom stereocenters. The molecule has 0 aliphatic heterocycles. The summed E-state index contributed by atoms with van der Waals surface area (Å²) < 4.78 is 0. The van der Waals surface area contributed by atoms with E-state index in [1.54, 1.807) is 6.92 Å². The maximum atomic E-state index is 10.0. The minimum absolute atomic E-state index is 0. The number of hydrogen-bond acceptors (Lipinski definition) is 2. The van der Waals surface area contributed by atoms with Crippen molar-refractivity contribution in [1.82, 2.24) is 0 Å². The van der Waals surface area contributed by atoms with Gasteiger partial charge in [0.25, 0.3) is 0 Å². The van der Waals surface area contributed by atoms with Crippen molar-refractivity contribution in [3.05, 3.63) is 6.54 Å². The summed E-state index contributed by atoms with van der Waals surface area (Å²) in [5.41, 5.74) is 4.81. The van der Waals surface area contributed by atoms with E-state index in [0.717, 1.165) is 6.54 Å². The molecule has 0 atom stereocenters. The summed E-state index contributed by atoms with van der Waals surface area (Å²) in [5.74, 6) is -0.00463. The van der Waals surface area contributed by atoms with E-state index in [2.05, 4.69) is 0 Å². The van der Waals surface area contributed by atoms with Gasteiger partial charge in [-0.1, -0.05) is 6.92 Å². The molecule has 0 bridgehead atoms. The van der Waals surface area contributed by atoms with E-state index in [1.165, 1.54) is 0 Å². The molecule has 0 saturated carbocycles. The molecule has 0 fully saturated rings. The number of rotatable bonds is 2. The van der Waals surface area contributed by atoms with Crippen LogP contribution < -0.4 is 63.9 Å². The van der Waals surface area contributed by atoms with Crippen molar-refractivity contribution in [2.75, 3.05) is 0 Å². The summed E-state index contributed by atoms with van der Waals surface area (Å²) in [7, 11) is 0. The molecule has 2 nitrogen and oxygen atoms in total. The third kappa shape index (κ3) is 7.31. The molecule has 0 rings (SSSR count). The van der Waals surface area contributed by atoms with Crippen molar-refractivity contribution in [3.8, 4) is 0 Å². The fourth-order valence-corrected chi connectivity index (χ4v) is 0.118. The zero-order valence-electron chi connectivity index (χ0n) is 4.77. The molecule has 3 heteroatoms. The fraction of sp³-hybridized carbons (Fsp3) is 0.500. The maximum absolute atomic E-state index is 10.0. The molecule has 0 spiro atoms. The second-order valence-corrected chi connectivity index (χ2v) is 0.987. The number of Topliss-reactive ketones (excluding diaryl/α,β-unsaturated/α-hetero) is 1. The first-order chi connectivity index (χ1) is 2.81. The van der Waals surface area contributed by atoms with Gasteiger partial charge in [-0.3, -0.25) is 6.54 Å². The largest absolute Gasteiger partial charge is 1.00 e. The van der Waals surface area contributed by atoms with Gasteiger partial charge in [-0.25, -0.2) is 0 Å². The molecule has 2 N–H and O–H groups in total. The Bertz CT molecular complexity index is 49.7. The van der Waals surface area contributed by atoms with Crippen molar-refractivity contribution in [3.63, 3.8) is 0 Å². The SMILES string of the molecule is CCC(=O)[CH-]N.[Rb+]. The predicted octanol–water partition coefficient (Wildman–Crippen LogP) is -2.91. The smallest absolute Gasteiger partial charge is 0.461 e. The first-order valence-corrected chi connectivity index (χ1v) is 1.89. The molecule has 0 heterocycles. The summed E-state index contributed by atoms with van der Waals surface area (Å²) in [6, 6.07) is 0. The summed E-state index contributed by atoms with van der Waals surface area (Å²) in [5, 5.41) is 0. The number of hydrogen-bond donors (Lipinski definition) is 1. The third-order valence-corrected chi connectivity index (χ3v) is 0.534. The van der Waals surface area contributed by atoms with Gasteiger partial charge in [0.2, 0.25) is 0 Å². The average molecular weight is 172 g/mol. The Hall–Kier alpha value is 1.31. The van der Waals surface area contributed by atoms with Crippen molar-refractivity contribution >= 4 is 5.78 Å². The van der Waals surface area contributed by atoms with E-state index in [9.17, 15) is 4.79 Å². The molecule has 0 aromatic rings. The molecule has 0 amide bonds. The molecule has 7 heavy (non-hydrogen) atoms. The van der Waals surface area contributed by atoms with Gasteiger partial charge in [-0.2, -0.15) is 0 Å². The normalized spacial score (nSPS) is 6.57. The Balaban J connectivity index is 0. The van der Waals surface area contributed by atoms with Gasteiger partial charge in [-0.15, -0.1) is 0 Å². The van der Waals surface area contributed by atoms with Crippen LogP contribution in [0.4, 0.5) is 0 Å². The second-order valence-electron chi connectivity index (χ2n) is 0.987. The summed E-state index contributed by atoms with van der Waals surface area (Å²) in [6.45, 7) is 2.85. The van der Waals surface area contributed by atoms with Crippen LogP contribution in [0.2, 0.25) is 0 Å². The van der Waals surface area contributed by atoms with Gasteiger partial charge in [-0.05, 0) is 6.42 Å². The predicted molar refractivity (Wildman–Crippen MR) is 23.8 cm³/mol. The van der Waals surface area contributed by atoms with Gasteiger partial charge in [0.15, 0.2) is 0 Å². The van der Waals surface area contributed by atoms with E-state index in [0.29, 0.717) is 6.42 Å². The van der Waals surface area contributed by atoms with Crippen LogP contribution in [0.5, 0.6) is 0 Å². The number of ketones is 1. The monoisotopic (exact) mass is 171 g/mol. The standard InChI is InChI=1S/C4H8NO.Rb/c1-2-4(6)3-5;/h3H,2,5H2,1H3;/q-1;+1. The van der Waals surface area contributed by atoms with Crippen molar-refractivity contribution in [2.45, 2.75) is 13.3 Å². The summed E-state index contributed by atoms with van der Waals surface area (Å²) >= 11 is 0. The molecule has 0 aromatic heterocycles. The van der Waals surface area contributed by atoms with Crippen LogP contribution in [0.15, 0.2) is 0 Å². The van der Waals surface area contributed by atoms with E-state index in [4.69, 9.17) is 5.73 Å². The van der Waals surface area contributed by atoms with Gasteiger partial charge in [0.1, 0.15) is 0 Å². The quantitative estimate of drug-likeness (QED) is 0.453. The molecule has 0 aliphatic carbocycles. The van der Waals surface area contributed by atoms with Crippen molar-refractivity contribution in [1.29, 1.82) is 0 Å². The Morgan fingerprint density at radius 2 is 2.29 bits per heavy atom. The van der Waals surface area contributed by atoms with Crippen LogP contribution in [0.25, 0.3) is 0 Å². The number of carbonyl (C=O) groups is 1. The van der Waals surface area contributed by atoms with Crippen LogP contribution in [-0.2, 0) is 4.79 Å².